The molecule has 0 aliphatic rings. The second-order valence-electron chi connectivity index (χ2n) is 6.40. The van der Waals surface area contributed by atoms with E-state index in [1.54, 1.807) is 45.2 Å². The number of hydrogen-bond acceptors (Lipinski definition) is 3. The lowest BCUT2D eigenvalue weighted by Gasteiger charge is -2.23. The van der Waals surface area contributed by atoms with E-state index in [9.17, 15) is 9.59 Å². The topological polar surface area (TPSA) is 67.4 Å². The van der Waals surface area contributed by atoms with Crippen molar-refractivity contribution in [2.75, 3.05) is 19.0 Å². The van der Waals surface area contributed by atoms with Crippen molar-refractivity contribution in [2.45, 2.75) is 20.3 Å². The molecule has 0 spiro atoms. The highest BCUT2D eigenvalue weighted by Crippen LogP contribution is 2.21. The highest BCUT2D eigenvalue weighted by molar-refractivity contribution is 6.30. The average Bonchev–Trinajstić information content (AvgIpc) is 2.63. The molecular weight excluding hydrogens is 352 g/mol. The largest absolute Gasteiger partial charge is 0.496 e. The Kier molecular flexibility index (Phi) is 6.64. The molecule has 0 unspecified atom stereocenters. The number of carbonyl (C=O) groups excluding carboxylic acids is 2. The minimum Gasteiger partial charge on any atom is -0.496 e. The minimum atomic E-state index is -1.21. The number of hydrogen-bond donors (Lipinski definition) is 2. The molecule has 6 heteroatoms. The molecule has 2 rings (SSSR count). The average molecular weight is 375 g/mol. The van der Waals surface area contributed by atoms with Gasteiger partial charge in [-0.1, -0.05) is 29.8 Å². The van der Waals surface area contributed by atoms with Gasteiger partial charge in [-0.2, -0.15) is 0 Å². The molecule has 0 heterocycles. The molecule has 0 fully saturated rings. The Bertz CT molecular complexity index is 773. The van der Waals surface area contributed by atoms with E-state index >= 15 is 0 Å². The first-order chi connectivity index (χ1) is 12.3. The normalized spacial score (nSPS) is 10.9. The third-order valence-corrected chi connectivity index (χ3v) is 4.36. The Labute approximate surface area is 158 Å². The molecule has 2 aromatic carbocycles. The van der Waals surface area contributed by atoms with E-state index < -0.39 is 5.41 Å². The maximum Gasteiger partial charge on any atom is 0.239 e. The predicted molar refractivity (Wildman–Crippen MR) is 104 cm³/mol. The first-order valence-electron chi connectivity index (χ1n) is 8.32. The highest BCUT2D eigenvalue weighted by Gasteiger charge is 2.35. The monoisotopic (exact) mass is 374 g/mol. The maximum absolute atomic E-state index is 12.5. The molecule has 2 N–H and O–H groups in total. The summed E-state index contributed by atoms with van der Waals surface area (Å²) in [4.78, 5) is 24.9. The number of anilines is 1. The lowest BCUT2D eigenvalue weighted by Crippen LogP contribution is -2.45. The number of methoxy groups -OCH3 is 1. The number of benzene rings is 2. The molecule has 0 saturated carbocycles. The summed E-state index contributed by atoms with van der Waals surface area (Å²) in [5, 5.41) is 6.14. The third-order valence-electron chi connectivity index (χ3n) is 4.11. The van der Waals surface area contributed by atoms with Crippen LogP contribution in [0.15, 0.2) is 48.5 Å². The highest BCUT2D eigenvalue weighted by atomic mass is 35.5. The van der Waals surface area contributed by atoms with Crippen LogP contribution in [-0.4, -0.2) is 25.5 Å². The Hall–Kier alpha value is -2.53. The van der Waals surface area contributed by atoms with Gasteiger partial charge in [-0.3, -0.25) is 9.59 Å². The van der Waals surface area contributed by atoms with Gasteiger partial charge < -0.3 is 15.4 Å². The summed E-state index contributed by atoms with van der Waals surface area (Å²) in [5.74, 6) is 0.0648. The summed E-state index contributed by atoms with van der Waals surface area (Å²) in [6, 6.07) is 14.4. The molecule has 0 saturated heterocycles. The van der Waals surface area contributed by atoms with Crippen molar-refractivity contribution in [3.05, 3.63) is 59.1 Å². The van der Waals surface area contributed by atoms with Crippen molar-refractivity contribution in [2.24, 2.45) is 5.41 Å². The lowest BCUT2D eigenvalue weighted by atomic mass is 9.91. The van der Waals surface area contributed by atoms with Gasteiger partial charge in [0.2, 0.25) is 11.8 Å². The molecular formula is C20H23ClN2O3. The van der Waals surface area contributed by atoms with Crippen LogP contribution in [0.4, 0.5) is 5.69 Å². The summed E-state index contributed by atoms with van der Waals surface area (Å²) >= 11 is 5.83. The lowest BCUT2D eigenvalue weighted by molar-refractivity contribution is -0.138. The van der Waals surface area contributed by atoms with Crippen LogP contribution in [0.1, 0.15) is 19.4 Å². The predicted octanol–water partition coefficient (Wildman–Crippen LogP) is 3.67. The van der Waals surface area contributed by atoms with Crippen LogP contribution in [0.25, 0.3) is 0 Å². The van der Waals surface area contributed by atoms with Gasteiger partial charge in [0.15, 0.2) is 0 Å². The molecule has 0 radical (unpaired) electrons. The molecule has 26 heavy (non-hydrogen) atoms. The number of amides is 2. The summed E-state index contributed by atoms with van der Waals surface area (Å²) in [5.41, 5.74) is 0.383. The summed E-state index contributed by atoms with van der Waals surface area (Å²) in [6.07, 6.45) is 0.616. The van der Waals surface area contributed by atoms with E-state index in [0.29, 0.717) is 23.7 Å². The number of ether oxygens (including phenoxy) is 1. The van der Waals surface area contributed by atoms with Crippen LogP contribution < -0.4 is 15.4 Å². The van der Waals surface area contributed by atoms with E-state index in [1.165, 1.54) is 0 Å². The number of nitrogens with one attached hydrogen (secondary N) is 2. The smallest absolute Gasteiger partial charge is 0.239 e. The first-order valence-corrected chi connectivity index (χ1v) is 8.69. The van der Waals surface area contributed by atoms with Crippen LogP contribution in [0.5, 0.6) is 5.75 Å². The summed E-state index contributed by atoms with van der Waals surface area (Å²) < 4.78 is 5.30. The molecule has 0 bridgehead atoms. The Morgan fingerprint density at radius 2 is 1.69 bits per heavy atom. The van der Waals surface area contributed by atoms with Crippen molar-refractivity contribution in [3.63, 3.8) is 0 Å². The van der Waals surface area contributed by atoms with Gasteiger partial charge in [0, 0.05) is 17.3 Å². The standard InChI is InChI=1S/C20H23ClN2O3/c1-20(2,19(25)23-16-10-8-15(21)9-11-16)18(24)22-13-12-14-6-4-5-7-17(14)26-3/h4-11H,12-13H2,1-3H3,(H,22,24)(H,23,25). The minimum absolute atomic E-state index is 0.334. The van der Waals surface area contributed by atoms with Crippen LogP contribution >= 0.6 is 11.6 Å². The van der Waals surface area contributed by atoms with Crippen LogP contribution in [0.2, 0.25) is 5.02 Å². The second kappa shape index (κ2) is 8.72. The van der Waals surface area contributed by atoms with Crippen molar-refractivity contribution in [3.8, 4) is 5.75 Å². The fraction of sp³-hybridized carbons (Fsp3) is 0.300. The number of para-hydroxylation sites is 1. The molecule has 0 atom stereocenters. The van der Waals surface area contributed by atoms with E-state index in [-0.39, 0.29) is 11.8 Å². The van der Waals surface area contributed by atoms with Crippen molar-refractivity contribution in [1.82, 2.24) is 5.32 Å². The Morgan fingerprint density at radius 3 is 2.35 bits per heavy atom. The zero-order chi connectivity index (χ0) is 19.2. The third kappa shape index (κ3) is 4.99. The van der Waals surface area contributed by atoms with E-state index in [1.807, 2.05) is 24.3 Å². The molecule has 0 aliphatic heterocycles. The SMILES string of the molecule is COc1ccccc1CCNC(=O)C(C)(C)C(=O)Nc1ccc(Cl)cc1. The maximum atomic E-state index is 12.5. The van der Waals surface area contributed by atoms with E-state index in [2.05, 4.69) is 10.6 Å². The second-order valence-corrected chi connectivity index (χ2v) is 6.84. The molecule has 138 valence electrons. The Balaban J connectivity index is 1.92. The summed E-state index contributed by atoms with van der Waals surface area (Å²) in [7, 11) is 1.61. The quantitative estimate of drug-likeness (QED) is 0.726. The molecule has 0 aliphatic carbocycles. The Morgan fingerprint density at radius 1 is 1.04 bits per heavy atom. The van der Waals surface area contributed by atoms with E-state index in [0.717, 1.165) is 11.3 Å². The van der Waals surface area contributed by atoms with Gasteiger partial charge in [-0.15, -0.1) is 0 Å². The van der Waals surface area contributed by atoms with Gasteiger partial charge in [0.25, 0.3) is 0 Å². The number of rotatable bonds is 7. The summed E-state index contributed by atoms with van der Waals surface area (Å²) in [6.45, 7) is 3.60. The molecule has 5 nitrogen and oxygen atoms in total. The van der Waals surface area contributed by atoms with Gasteiger partial charge >= 0.3 is 0 Å². The van der Waals surface area contributed by atoms with Gasteiger partial charge in [0.1, 0.15) is 11.2 Å². The van der Waals surface area contributed by atoms with Gasteiger partial charge in [0.05, 0.1) is 7.11 Å². The number of carbonyl (C=O) groups is 2. The fourth-order valence-electron chi connectivity index (χ4n) is 2.36. The zero-order valence-corrected chi connectivity index (χ0v) is 15.9. The number of halogens is 1. The van der Waals surface area contributed by atoms with E-state index in [4.69, 9.17) is 16.3 Å². The molecule has 0 aromatic heterocycles. The van der Waals surface area contributed by atoms with Crippen molar-refractivity contribution >= 4 is 29.1 Å². The molecule has 2 aromatic rings. The van der Waals surface area contributed by atoms with Crippen LogP contribution in [0, 0.1) is 5.41 Å². The first kappa shape index (κ1) is 19.8. The van der Waals surface area contributed by atoms with Crippen molar-refractivity contribution in [1.29, 1.82) is 0 Å². The molecule has 2 amide bonds. The zero-order valence-electron chi connectivity index (χ0n) is 15.1. The van der Waals surface area contributed by atoms with Crippen LogP contribution in [-0.2, 0) is 16.0 Å². The van der Waals surface area contributed by atoms with Gasteiger partial charge in [-0.05, 0) is 56.2 Å². The van der Waals surface area contributed by atoms with Crippen LogP contribution in [0.3, 0.4) is 0 Å². The van der Waals surface area contributed by atoms with Gasteiger partial charge in [-0.25, -0.2) is 0 Å². The fourth-order valence-corrected chi connectivity index (χ4v) is 2.49. The van der Waals surface area contributed by atoms with Crippen molar-refractivity contribution < 1.29 is 14.3 Å².